The highest BCUT2D eigenvalue weighted by atomic mass is 31.1. The van der Waals surface area contributed by atoms with E-state index in [2.05, 4.69) is 0 Å². The molecule has 9 nitrogen and oxygen atoms in total. The van der Waals surface area contributed by atoms with Crippen molar-refractivity contribution in [2.75, 3.05) is 13.3 Å². The molecule has 0 radical (unpaired) electrons. The highest BCUT2D eigenvalue weighted by Crippen LogP contribution is 2.32. The molecule has 0 aliphatic carbocycles. The van der Waals surface area contributed by atoms with Crippen LogP contribution in [0.15, 0.2) is 52.2 Å². The van der Waals surface area contributed by atoms with Crippen LogP contribution >= 0.6 is 8.25 Å². The molecule has 0 bridgehead atoms. The second-order valence-electron chi connectivity index (χ2n) is 5.61. The van der Waals surface area contributed by atoms with Crippen LogP contribution in [0.2, 0.25) is 0 Å². The van der Waals surface area contributed by atoms with Crippen molar-refractivity contribution >= 4 is 8.25 Å². The molecule has 0 aliphatic heterocycles. The van der Waals surface area contributed by atoms with Crippen LogP contribution in [0.5, 0.6) is 5.75 Å². The first-order valence-corrected chi connectivity index (χ1v) is 9.10. The number of H-pyrrole nitrogens is 1. The molecule has 0 spiro atoms. The van der Waals surface area contributed by atoms with Gasteiger partial charge in [-0.05, 0) is 19.1 Å². The molecule has 0 amide bonds. The van der Waals surface area contributed by atoms with Gasteiger partial charge in [-0.2, -0.15) is 0 Å². The number of nitrogens with zero attached hydrogens (tertiary/aromatic N) is 1. The lowest BCUT2D eigenvalue weighted by molar-refractivity contribution is -0.260. The van der Waals surface area contributed by atoms with Crippen LogP contribution in [0, 0.1) is 0 Å². The lowest BCUT2D eigenvalue weighted by atomic mass is 10.2. The van der Waals surface area contributed by atoms with Gasteiger partial charge in [-0.3, -0.25) is 14.3 Å². The third-order valence-electron chi connectivity index (χ3n) is 3.54. The Morgan fingerprint density at radius 2 is 1.96 bits per heavy atom. The number of alkyl halides is 2. The summed E-state index contributed by atoms with van der Waals surface area (Å²) in [5.41, 5.74) is -1.78. The number of aromatic amines is 1. The van der Waals surface area contributed by atoms with Crippen molar-refractivity contribution in [1.29, 1.82) is 0 Å². The third kappa shape index (κ3) is 5.77. The summed E-state index contributed by atoms with van der Waals surface area (Å²) < 4.78 is 55.4. The van der Waals surface area contributed by atoms with Gasteiger partial charge in [0.1, 0.15) is 12.8 Å². The molecular formula is C16H18F2N2O7P+. The van der Waals surface area contributed by atoms with E-state index in [0.29, 0.717) is 4.57 Å². The van der Waals surface area contributed by atoms with Crippen molar-refractivity contribution in [2.24, 2.45) is 0 Å². The van der Waals surface area contributed by atoms with Gasteiger partial charge in [-0.1, -0.05) is 18.2 Å². The smallest absolute Gasteiger partial charge is 0.387 e. The number of ether oxygens (including phenoxy) is 1. The van der Waals surface area contributed by atoms with Crippen molar-refractivity contribution in [3.63, 3.8) is 0 Å². The Balaban J connectivity index is 2.09. The number of aliphatic hydroxyl groups excluding tert-OH is 1. The van der Waals surface area contributed by atoms with Gasteiger partial charge < -0.3 is 9.84 Å². The van der Waals surface area contributed by atoms with Gasteiger partial charge in [0, 0.05) is 16.8 Å². The molecule has 28 heavy (non-hydrogen) atoms. The summed E-state index contributed by atoms with van der Waals surface area (Å²) >= 11 is 0. The summed E-state index contributed by atoms with van der Waals surface area (Å²) in [4.78, 5) is 24.7. The predicted molar refractivity (Wildman–Crippen MR) is 93.6 cm³/mol. The Labute approximate surface area is 158 Å². The van der Waals surface area contributed by atoms with Gasteiger partial charge >= 0.3 is 13.9 Å². The van der Waals surface area contributed by atoms with E-state index in [1.165, 1.54) is 12.1 Å². The number of benzene rings is 1. The molecule has 0 aliphatic rings. The minimum atomic E-state index is -3.03. The maximum Gasteiger partial charge on any atom is 0.750 e. The van der Waals surface area contributed by atoms with Crippen LogP contribution in [0.25, 0.3) is 0 Å². The molecule has 12 heteroatoms. The summed E-state index contributed by atoms with van der Waals surface area (Å²) in [6.07, 6.45) is -2.76. The van der Waals surface area contributed by atoms with E-state index in [1.807, 2.05) is 4.98 Å². The zero-order chi connectivity index (χ0) is 20.7. The average molecular weight is 419 g/mol. The molecule has 2 rings (SSSR count). The molecule has 2 N–H and O–H groups in total. The topological polar surface area (TPSA) is 120 Å². The Kier molecular flexibility index (Phi) is 7.53. The van der Waals surface area contributed by atoms with Crippen molar-refractivity contribution in [3.05, 3.63) is 63.4 Å². The highest BCUT2D eigenvalue weighted by Gasteiger charge is 2.44. The van der Waals surface area contributed by atoms with Gasteiger partial charge in [-0.25, -0.2) is 18.1 Å². The zero-order valence-corrected chi connectivity index (χ0v) is 15.6. The fourth-order valence-corrected chi connectivity index (χ4v) is 2.66. The number of aliphatic hydroxyl groups is 1. The molecule has 1 heterocycles. The van der Waals surface area contributed by atoms with Crippen molar-refractivity contribution in [2.45, 2.75) is 25.1 Å². The minimum absolute atomic E-state index is 0.201. The van der Waals surface area contributed by atoms with Gasteiger partial charge in [0.15, 0.2) is 18.6 Å². The van der Waals surface area contributed by atoms with Gasteiger partial charge in [-0.15, -0.1) is 4.52 Å². The molecular weight excluding hydrogens is 401 g/mol. The summed E-state index contributed by atoms with van der Waals surface area (Å²) in [5, 5.41) is 9.70. The first kappa shape index (κ1) is 21.8. The van der Waals surface area contributed by atoms with Crippen molar-refractivity contribution < 1.29 is 32.2 Å². The second kappa shape index (κ2) is 9.65. The summed E-state index contributed by atoms with van der Waals surface area (Å²) in [7, 11) is -2.83. The molecule has 0 fully saturated rings. The Hall–Kier alpha value is -2.46. The minimum Gasteiger partial charge on any atom is -0.387 e. The molecule has 152 valence electrons. The first-order valence-electron chi connectivity index (χ1n) is 8.00. The van der Waals surface area contributed by atoms with Crippen LogP contribution in [0.4, 0.5) is 8.78 Å². The van der Waals surface area contributed by atoms with E-state index in [1.54, 1.807) is 18.2 Å². The number of hydrogen-bond acceptors (Lipinski definition) is 7. The first-order chi connectivity index (χ1) is 13.2. The van der Waals surface area contributed by atoms with E-state index < -0.39 is 51.0 Å². The van der Waals surface area contributed by atoms with E-state index in [-0.39, 0.29) is 5.75 Å². The van der Waals surface area contributed by atoms with Gasteiger partial charge in [0.25, 0.3) is 11.4 Å². The zero-order valence-electron chi connectivity index (χ0n) is 14.7. The van der Waals surface area contributed by atoms with Crippen LogP contribution in [-0.2, 0) is 13.8 Å². The quantitative estimate of drug-likeness (QED) is 0.564. The predicted octanol–water partition coefficient (Wildman–Crippen LogP) is 1.82. The maximum absolute atomic E-state index is 15.0. The average Bonchev–Trinajstić information content (AvgIpc) is 2.65. The fourth-order valence-electron chi connectivity index (χ4n) is 2.03. The normalized spacial score (nSPS) is 16.1. The Morgan fingerprint density at radius 1 is 1.29 bits per heavy atom. The molecule has 1 unspecified atom stereocenters. The number of para-hydroxylation sites is 1. The Bertz CT molecular complexity index is 906. The van der Waals surface area contributed by atoms with E-state index in [0.717, 1.165) is 19.2 Å². The van der Waals surface area contributed by atoms with Crippen LogP contribution in [-0.4, -0.2) is 39.9 Å². The number of hydrogen-bond donors (Lipinski definition) is 2. The number of nitrogens with one attached hydrogen (secondary N) is 1. The lowest BCUT2D eigenvalue weighted by Gasteiger charge is -2.30. The van der Waals surface area contributed by atoms with Crippen LogP contribution in [0.3, 0.4) is 0 Å². The van der Waals surface area contributed by atoms with Crippen LogP contribution in [0.1, 0.15) is 13.2 Å². The SMILES string of the molecule is C[C@H](O)[C@@](F)(CO[P+](=O)Oc1ccccc1)O[C@H](CF)n1ccc(=O)[nH]c1=O. The van der Waals surface area contributed by atoms with E-state index in [4.69, 9.17) is 13.8 Å². The molecule has 2 aromatic rings. The third-order valence-corrected chi connectivity index (χ3v) is 4.24. The highest BCUT2D eigenvalue weighted by molar-refractivity contribution is 7.33. The molecule has 0 saturated heterocycles. The van der Waals surface area contributed by atoms with E-state index >= 15 is 4.39 Å². The van der Waals surface area contributed by atoms with Gasteiger partial charge in [0.2, 0.25) is 0 Å². The summed E-state index contributed by atoms with van der Waals surface area (Å²) in [5.74, 6) is -2.83. The summed E-state index contributed by atoms with van der Waals surface area (Å²) in [6.45, 7) is -1.45. The molecule has 1 aromatic carbocycles. The van der Waals surface area contributed by atoms with Gasteiger partial charge in [0.05, 0.1) is 0 Å². The largest absolute Gasteiger partial charge is 0.750 e. The number of rotatable bonds is 10. The van der Waals surface area contributed by atoms with Crippen molar-refractivity contribution in [3.8, 4) is 5.75 Å². The Morgan fingerprint density at radius 3 is 2.54 bits per heavy atom. The monoisotopic (exact) mass is 419 g/mol. The molecule has 0 saturated carbocycles. The standard InChI is InChI=1S/C16H17F2N2O7P/c1-11(21)16(18,10-25-28(24)27-12-5-3-2-4-6-12)26-14(9-17)20-8-7-13(22)19-15(20)23/h2-8,11,14,21H,9-10H2,1H3/p+1/t11-,14+,16+/m0/s1. The van der Waals surface area contributed by atoms with Crippen LogP contribution < -0.4 is 15.8 Å². The fraction of sp³-hybridized carbons (Fsp3) is 0.375. The second-order valence-corrected chi connectivity index (χ2v) is 6.50. The maximum atomic E-state index is 15.0. The van der Waals surface area contributed by atoms with Crippen molar-refractivity contribution in [1.82, 2.24) is 9.55 Å². The number of halogens is 2. The summed E-state index contributed by atoms with van der Waals surface area (Å²) in [6, 6.07) is 8.83. The lowest BCUT2D eigenvalue weighted by Crippen LogP contribution is -2.46. The van der Waals surface area contributed by atoms with E-state index in [9.17, 15) is 23.7 Å². The molecule has 1 aromatic heterocycles. The number of aromatic nitrogens is 2. The molecule has 4 atom stereocenters.